The molecular formula is C13H21ClN2. The molecule has 0 heterocycles. The number of nitrogens with two attached hydrogens (primary N) is 1. The number of hydrogen-bond donors (Lipinski definition) is 2. The second-order valence-corrected chi connectivity index (χ2v) is 4.52. The standard InChI is InChI=1S/C13H20N2.ClH/c1-9(2)8-11-4-6-12(7-5-11)10(3)13(14)15;/h4-7,9-10H,8H2,1-3H3,(H3,14,15);1H/t10-;/m1./s1. The molecule has 0 spiro atoms. The molecule has 0 aromatic heterocycles. The summed E-state index contributed by atoms with van der Waals surface area (Å²) in [7, 11) is 0. The summed E-state index contributed by atoms with van der Waals surface area (Å²) < 4.78 is 0. The Morgan fingerprint density at radius 1 is 1.19 bits per heavy atom. The van der Waals surface area contributed by atoms with Crippen LogP contribution in [0.2, 0.25) is 0 Å². The Morgan fingerprint density at radius 2 is 1.69 bits per heavy atom. The van der Waals surface area contributed by atoms with Crippen molar-refractivity contribution in [3.8, 4) is 0 Å². The topological polar surface area (TPSA) is 49.9 Å². The van der Waals surface area contributed by atoms with E-state index in [0.717, 1.165) is 12.0 Å². The van der Waals surface area contributed by atoms with Crippen molar-refractivity contribution in [1.82, 2.24) is 0 Å². The van der Waals surface area contributed by atoms with Gasteiger partial charge in [0.15, 0.2) is 0 Å². The average molecular weight is 241 g/mol. The Morgan fingerprint density at radius 3 is 2.06 bits per heavy atom. The zero-order valence-electron chi connectivity index (χ0n) is 10.2. The largest absolute Gasteiger partial charge is 0.387 e. The zero-order chi connectivity index (χ0) is 11.4. The van der Waals surface area contributed by atoms with Crippen LogP contribution in [0.3, 0.4) is 0 Å². The molecule has 0 unspecified atom stereocenters. The molecular weight excluding hydrogens is 220 g/mol. The Bertz CT molecular complexity index is 330. The van der Waals surface area contributed by atoms with Crippen molar-refractivity contribution >= 4 is 18.2 Å². The van der Waals surface area contributed by atoms with E-state index in [9.17, 15) is 0 Å². The first-order chi connectivity index (χ1) is 7.00. The van der Waals surface area contributed by atoms with Crippen LogP contribution < -0.4 is 5.73 Å². The number of amidine groups is 1. The molecule has 0 radical (unpaired) electrons. The van der Waals surface area contributed by atoms with Gasteiger partial charge in [0.1, 0.15) is 0 Å². The number of hydrogen-bond acceptors (Lipinski definition) is 1. The van der Waals surface area contributed by atoms with E-state index in [-0.39, 0.29) is 24.2 Å². The number of nitrogens with one attached hydrogen (secondary N) is 1. The predicted octanol–water partition coefficient (Wildman–Crippen LogP) is 3.35. The highest BCUT2D eigenvalue weighted by Gasteiger charge is 2.07. The number of halogens is 1. The first kappa shape index (κ1) is 15.0. The SMILES string of the molecule is CC(C)Cc1ccc([C@@H](C)C(=N)N)cc1.Cl. The lowest BCUT2D eigenvalue weighted by Crippen LogP contribution is -2.17. The quantitative estimate of drug-likeness (QED) is 0.616. The molecule has 0 aliphatic carbocycles. The highest BCUT2D eigenvalue weighted by Crippen LogP contribution is 2.16. The van der Waals surface area contributed by atoms with E-state index in [1.807, 2.05) is 6.92 Å². The van der Waals surface area contributed by atoms with E-state index in [0.29, 0.717) is 5.92 Å². The summed E-state index contributed by atoms with van der Waals surface area (Å²) in [5.74, 6) is 0.936. The fourth-order valence-corrected chi connectivity index (χ4v) is 1.59. The molecule has 0 saturated carbocycles. The molecule has 3 N–H and O–H groups in total. The summed E-state index contributed by atoms with van der Waals surface area (Å²) in [6, 6.07) is 8.41. The smallest absolute Gasteiger partial charge is 0.0979 e. The van der Waals surface area contributed by atoms with Crippen LogP contribution in [0.5, 0.6) is 0 Å². The second kappa shape index (κ2) is 6.54. The summed E-state index contributed by atoms with van der Waals surface area (Å²) >= 11 is 0. The van der Waals surface area contributed by atoms with Crippen LogP contribution in [0.15, 0.2) is 24.3 Å². The van der Waals surface area contributed by atoms with Crippen LogP contribution in [0, 0.1) is 11.3 Å². The summed E-state index contributed by atoms with van der Waals surface area (Å²) in [6.07, 6.45) is 1.11. The van der Waals surface area contributed by atoms with Gasteiger partial charge in [0.25, 0.3) is 0 Å². The maximum Gasteiger partial charge on any atom is 0.0979 e. The molecule has 2 nitrogen and oxygen atoms in total. The minimum atomic E-state index is 0. The molecule has 1 aromatic carbocycles. The summed E-state index contributed by atoms with van der Waals surface area (Å²) in [5.41, 5.74) is 7.94. The lowest BCUT2D eigenvalue weighted by atomic mass is 9.96. The van der Waals surface area contributed by atoms with Gasteiger partial charge in [0.05, 0.1) is 5.84 Å². The molecule has 0 fully saturated rings. The van der Waals surface area contributed by atoms with Gasteiger partial charge in [0, 0.05) is 5.92 Å². The van der Waals surface area contributed by atoms with Gasteiger partial charge in [-0.25, -0.2) is 0 Å². The van der Waals surface area contributed by atoms with E-state index >= 15 is 0 Å². The van der Waals surface area contributed by atoms with Gasteiger partial charge in [-0.1, -0.05) is 45.0 Å². The van der Waals surface area contributed by atoms with Gasteiger partial charge < -0.3 is 5.73 Å². The van der Waals surface area contributed by atoms with E-state index in [2.05, 4.69) is 38.1 Å². The van der Waals surface area contributed by atoms with Crippen molar-refractivity contribution < 1.29 is 0 Å². The van der Waals surface area contributed by atoms with Crippen molar-refractivity contribution in [1.29, 1.82) is 5.41 Å². The van der Waals surface area contributed by atoms with Gasteiger partial charge in [-0.2, -0.15) is 0 Å². The molecule has 1 aromatic rings. The second-order valence-electron chi connectivity index (χ2n) is 4.52. The van der Waals surface area contributed by atoms with Crippen LogP contribution >= 0.6 is 12.4 Å². The number of benzene rings is 1. The van der Waals surface area contributed by atoms with Gasteiger partial charge in [-0.15, -0.1) is 12.4 Å². The first-order valence-electron chi connectivity index (χ1n) is 5.43. The lowest BCUT2D eigenvalue weighted by molar-refractivity contribution is 0.647. The molecule has 16 heavy (non-hydrogen) atoms. The van der Waals surface area contributed by atoms with Crippen molar-refractivity contribution in [3.05, 3.63) is 35.4 Å². The molecule has 0 amide bonds. The van der Waals surface area contributed by atoms with Crippen molar-refractivity contribution in [2.24, 2.45) is 11.7 Å². The van der Waals surface area contributed by atoms with Crippen LogP contribution in [0.4, 0.5) is 0 Å². The van der Waals surface area contributed by atoms with Crippen LogP contribution in [0.1, 0.15) is 37.8 Å². The Balaban J connectivity index is 0.00000225. The van der Waals surface area contributed by atoms with Gasteiger partial charge in [-0.3, -0.25) is 5.41 Å². The van der Waals surface area contributed by atoms with Gasteiger partial charge >= 0.3 is 0 Å². The predicted molar refractivity (Wildman–Crippen MR) is 72.6 cm³/mol. The average Bonchev–Trinajstić information content (AvgIpc) is 2.17. The van der Waals surface area contributed by atoms with Gasteiger partial charge in [-0.05, 0) is 23.5 Å². The van der Waals surface area contributed by atoms with E-state index in [1.54, 1.807) is 0 Å². The third-order valence-electron chi connectivity index (χ3n) is 2.59. The molecule has 1 rings (SSSR count). The molecule has 0 bridgehead atoms. The highest BCUT2D eigenvalue weighted by atomic mass is 35.5. The fraction of sp³-hybridized carbons (Fsp3) is 0.462. The Labute approximate surface area is 104 Å². The van der Waals surface area contributed by atoms with Crippen LogP contribution in [-0.4, -0.2) is 5.84 Å². The summed E-state index contributed by atoms with van der Waals surface area (Å²) in [5, 5.41) is 7.38. The van der Waals surface area contributed by atoms with Crippen molar-refractivity contribution in [3.63, 3.8) is 0 Å². The Kier molecular flexibility index (Phi) is 6.12. The minimum Gasteiger partial charge on any atom is -0.387 e. The molecule has 90 valence electrons. The molecule has 1 atom stereocenters. The molecule has 0 aliphatic heterocycles. The van der Waals surface area contributed by atoms with Crippen molar-refractivity contribution in [2.75, 3.05) is 0 Å². The molecule has 0 aliphatic rings. The van der Waals surface area contributed by atoms with Crippen molar-refractivity contribution in [2.45, 2.75) is 33.1 Å². The maximum absolute atomic E-state index is 7.38. The van der Waals surface area contributed by atoms with Crippen LogP contribution in [-0.2, 0) is 6.42 Å². The monoisotopic (exact) mass is 240 g/mol. The Hall–Kier alpha value is -1.02. The molecule has 3 heteroatoms. The minimum absolute atomic E-state index is 0. The zero-order valence-corrected chi connectivity index (χ0v) is 11.0. The summed E-state index contributed by atoms with van der Waals surface area (Å²) in [6.45, 7) is 6.39. The van der Waals surface area contributed by atoms with E-state index < -0.39 is 0 Å². The maximum atomic E-state index is 7.38. The van der Waals surface area contributed by atoms with E-state index in [4.69, 9.17) is 11.1 Å². The van der Waals surface area contributed by atoms with Crippen LogP contribution in [0.25, 0.3) is 0 Å². The normalized spacial score (nSPS) is 12.0. The summed E-state index contributed by atoms with van der Waals surface area (Å²) in [4.78, 5) is 0. The third kappa shape index (κ3) is 4.23. The van der Waals surface area contributed by atoms with E-state index in [1.165, 1.54) is 5.56 Å². The fourth-order valence-electron chi connectivity index (χ4n) is 1.59. The third-order valence-corrected chi connectivity index (χ3v) is 2.59. The highest BCUT2D eigenvalue weighted by molar-refractivity contribution is 5.85. The molecule has 0 saturated heterocycles. The number of rotatable bonds is 4. The lowest BCUT2D eigenvalue weighted by Gasteiger charge is -2.11. The first-order valence-corrected chi connectivity index (χ1v) is 5.43. The van der Waals surface area contributed by atoms with Gasteiger partial charge in [0.2, 0.25) is 0 Å².